The third-order valence-electron chi connectivity index (χ3n) is 5.97. The minimum atomic E-state index is 0.103. The third kappa shape index (κ3) is 4.02. The molecule has 0 spiro atoms. The average Bonchev–Trinajstić information content (AvgIpc) is 3.17. The van der Waals surface area contributed by atoms with Gasteiger partial charge in [0.05, 0.1) is 12.0 Å². The average molecular weight is 412 g/mol. The number of ether oxygens (including phenoxy) is 1. The molecule has 3 heterocycles. The van der Waals surface area contributed by atoms with E-state index in [9.17, 15) is 4.79 Å². The standard InChI is InChI=1S/C23H29N3O2S/c1-4-16-5-7-17(8-6-16)19-15-29-22-21(19)23(27)26(20(24-22)11-14-28-3)18-9-12-25(2)13-10-18/h5-8,15,18H,4,9-14H2,1-3H3. The zero-order valence-electron chi connectivity index (χ0n) is 17.5. The lowest BCUT2D eigenvalue weighted by Gasteiger charge is -2.31. The lowest BCUT2D eigenvalue weighted by Crippen LogP contribution is -2.37. The van der Waals surface area contributed by atoms with Crippen molar-refractivity contribution in [2.75, 3.05) is 33.9 Å². The molecule has 29 heavy (non-hydrogen) atoms. The molecule has 1 aliphatic heterocycles. The smallest absolute Gasteiger partial charge is 0.263 e. The Kier molecular flexibility index (Phi) is 6.13. The molecule has 154 valence electrons. The van der Waals surface area contributed by atoms with Gasteiger partial charge in [0.1, 0.15) is 10.7 Å². The van der Waals surface area contributed by atoms with Crippen LogP contribution in [0.5, 0.6) is 0 Å². The van der Waals surface area contributed by atoms with E-state index in [1.54, 1.807) is 18.4 Å². The van der Waals surface area contributed by atoms with Crippen molar-refractivity contribution in [2.45, 2.75) is 38.6 Å². The van der Waals surface area contributed by atoms with Crippen molar-refractivity contribution in [3.05, 3.63) is 51.4 Å². The topological polar surface area (TPSA) is 47.4 Å². The van der Waals surface area contributed by atoms with Crippen LogP contribution >= 0.6 is 11.3 Å². The van der Waals surface area contributed by atoms with E-state index in [4.69, 9.17) is 9.72 Å². The van der Waals surface area contributed by atoms with Crippen LogP contribution in [0.1, 0.15) is 37.2 Å². The van der Waals surface area contributed by atoms with Gasteiger partial charge in [-0.05, 0) is 50.5 Å². The van der Waals surface area contributed by atoms with Gasteiger partial charge in [-0.2, -0.15) is 0 Å². The Labute approximate surface area is 176 Å². The summed E-state index contributed by atoms with van der Waals surface area (Å²) in [5.41, 5.74) is 3.50. The van der Waals surface area contributed by atoms with Gasteiger partial charge in [-0.15, -0.1) is 11.3 Å². The first-order valence-electron chi connectivity index (χ1n) is 10.4. The molecule has 1 aromatic carbocycles. The van der Waals surface area contributed by atoms with Crippen molar-refractivity contribution >= 4 is 21.6 Å². The van der Waals surface area contributed by atoms with Gasteiger partial charge in [-0.1, -0.05) is 31.2 Å². The summed E-state index contributed by atoms with van der Waals surface area (Å²) < 4.78 is 7.27. The summed E-state index contributed by atoms with van der Waals surface area (Å²) in [6.45, 7) is 4.74. The summed E-state index contributed by atoms with van der Waals surface area (Å²) in [7, 11) is 3.84. The lowest BCUT2D eigenvalue weighted by atomic mass is 10.0. The normalized spacial score (nSPS) is 16.0. The maximum atomic E-state index is 13.7. The van der Waals surface area contributed by atoms with Crippen molar-refractivity contribution in [3.8, 4) is 11.1 Å². The SMILES string of the molecule is CCc1ccc(-c2csc3nc(CCOC)n(C4CCN(C)CC4)c(=O)c23)cc1. The van der Waals surface area contributed by atoms with E-state index >= 15 is 0 Å². The molecular weight excluding hydrogens is 382 g/mol. The number of likely N-dealkylation sites (tertiary alicyclic amines) is 1. The number of hydrogen-bond acceptors (Lipinski definition) is 5. The highest BCUT2D eigenvalue weighted by molar-refractivity contribution is 7.17. The van der Waals surface area contributed by atoms with Crippen LogP contribution in [-0.2, 0) is 17.6 Å². The van der Waals surface area contributed by atoms with Crippen LogP contribution in [0.25, 0.3) is 21.3 Å². The number of benzene rings is 1. The molecule has 0 amide bonds. The van der Waals surface area contributed by atoms with E-state index in [-0.39, 0.29) is 11.6 Å². The molecule has 0 saturated carbocycles. The number of methoxy groups -OCH3 is 1. The zero-order valence-corrected chi connectivity index (χ0v) is 18.3. The van der Waals surface area contributed by atoms with E-state index in [2.05, 4.69) is 48.5 Å². The lowest BCUT2D eigenvalue weighted by molar-refractivity contribution is 0.191. The van der Waals surface area contributed by atoms with Gasteiger partial charge >= 0.3 is 0 Å². The van der Waals surface area contributed by atoms with Crippen LogP contribution in [0.15, 0.2) is 34.4 Å². The van der Waals surface area contributed by atoms with Crippen LogP contribution in [0, 0.1) is 0 Å². The van der Waals surface area contributed by atoms with E-state index in [1.807, 2.05) is 4.57 Å². The Balaban J connectivity index is 1.84. The Morgan fingerprint density at radius 1 is 1.21 bits per heavy atom. The van der Waals surface area contributed by atoms with Crippen molar-refractivity contribution < 1.29 is 4.74 Å². The number of aryl methyl sites for hydroxylation is 1. The highest BCUT2D eigenvalue weighted by Gasteiger charge is 2.25. The summed E-state index contributed by atoms with van der Waals surface area (Å²) in [6, 6.07) is 8.75. The zero-order chi connectivity index (χ0) is 20.4. The summed E-state index contributed by atoms with van der Waals surface area (Å²) in [6.07, 6.45) is 3.63. The Morgan fingerprint density at radius 3 is 2.59 bits per heavy atom. The van der Waals surface area contributed by atoms with E-state index in [0.29, 0.717) is 13.0 Å². The van der Waals surface area contributed by atoms with Crippen molar-refractivity contribution in [2.24, 2.45) is 0 Å². The van der Waals surface area contributed by atoms with Crippen LogP contribution < -0.4 is 5.56 Å². The van der Waals surface area contributed by atoms with Gasteiger partial charge in [0.15, 0.2) is 0 Å². The molecule has 6 heteroatoms. The van der Waals surface area contributed by atoms with Gasteiger partial charge in [0.2, 0.25) is 0 Å². The molecule has 1 saturated heterocycles. The van der Waals surface area contributed by atoms with E-state index < -0.39 is 0 Å². The molecule has 2 aromatic heterocycles. The predicted molar refractivity (Wildman–Crippen MR) is 120 cm³/mol. The number of rotatable bonds is 6. The second kappa shape index (κ2) is 8.78. The second-order valence-electron chi connectivity index (χ2n) is 7.86. The molecule has 4 rings (SSSR count). The Hall–Kier alpha value is -2.02. The fourth-order valence-corrected chi connectivity index (χ4v) is 5.13. The third-order valence-corrected chi connectivity index (χ3v) is 6.84. The molecule has 3 aromatic rings. The molecular formula is C23H29N3O2S. The minimum Gasteiger partial charge on any atom is -0.384 e. The first-order chi connectivity index (χ1) is 14.1. The Morgan fingerprint density at radius 2 is 1.93 bits per heavy atom. The van der Waals surface area contributed by atoms with Crippen molar-refractivity contribution in [3.63, 3.8) is 0 Å². The summed E-state index contributed by atoms with van der Waals surface area (Å²) >= 11 is 1.56. The number of nitrogens with zero attached hydrogens (tertiary/aromatic N) is 3. The maximum absolute atomic E-state index is 13.7. The fourth-order valence-electron chi connectivity index (χ4n) is 4.18. The van der Waals surface area contributed by atoms with Crippen molar-refractivity contribution in [1.82, 2.24) is 14.5 Å². The first-order valence-corrected chi connectivity index (χ1v) is 11.3. The number of thiophene rings is 1. The van der Waals surface area contributed by atoms with Gasteiger partial charge in [0, 0.05) is 30.5 Å². The first kappa shape index (κ1) is 20.3. The predicted octanol–water partition coefficient (Wildman–Crippen LogP) is 4.14. The monoisotopic (exact) mass is 411 g/mol. The maximum Gasteiger partial charge on any atom is 0.263 e. The highest BCUT2D eigenvalue weighted by Crippen LogP contribution is 2.32. The van der Waals surface area contributed by atoms with Gasteiger partial charge < -0.3 is 9.64 Å². The molecule has 0 bridgehead atoms. The Bertz CT molecular complexity index is 1030. The quantitative estimate of drug-likeness (QED) is 0.612. The molecule has 0 aliphatic carbocycles. The van der Waals surface area contributed by atoms with Gasteiger partial charge in [-0.25, -0.2) is 4.98 Å². The fraction of sp³-hybridized carbons (Fsp3) is 0.478. The summed E-state index contributed by atoms with van der Waals surface area (Å²) in [5, 5.41) is 2.85. The van der Waals surface area contributed by atoms with Crippen LogP contribution in [-0.4, -0.2) is 48.3 Å². The molecule has 1 fully saturated rings. The molecule has 1 aliphatic rings. The number of aromatic nitrogens is 2. The molecule has 5 nitrogen and oxygen atoms in total. The molecule has 0 atom stereocenters. The number of piperidine rings is 1. The molecule has 0 unspecified atom stereocenters. The second-order valence-corrected chi connectivity index (χ2v) is 8.72. The van der Waals surface area contributed by atoms with E-state index in [1.165, 1.54) is 5.56 Å². The van der Waals surface area contributed by atoms with Crippen LogP contribution in [0.3, 0.4) is 0 Å². The highest BCUT2D eigenvalue weighted by atomic mass is 32.1. The number of fused-ring (bicyclic) bond motifs is 1. The summed E-state index contributed by atoms with van der Waals surface area (Å²) in [5.74, 6) is 0.855. The molecule has 0 N–H and O–H groups in total. The van der Waals surface area contributed by atoms with E-state index in [0.717, 1.165) is 59.5 Å². The van der Waals surface area contributed by atoms with Crippen LogP contribution in [0.2, 0.25) is 0 Å². The number of hydrogen-bond donors (Lipinski definition) is 0. The summed E-state index contributed by atoms with van der Waals surface area (Å²) in [4.78, 5) is 21.8. The minimum absolute atomic E-state index is 0.103. The van der Waals surface area contributed by atoms with Crippen LogP contribution in [0.4, 0.5) is 0 Å². The molecule has 0 radical (unpaired) electrons. The van der Waals surface area contributed by atoms with Crippen molar-refractivity contribution in [1.29, 1.82) is 0 Å². The largest absolute Gasteiger partial charge is 0.384 e. The van der Waals surface area contributed by atoms with Gasteiger partial charge in [0.25, 0.3) is 5.56 Å². The van der Waals surface area contributed by atoms with Gasteiger partial charge in [-0.3, -0.25) is 9.36 Å².